The highest BCUT2D eigenvalue weighted by molar-refractivity contribution is 5.72. The van der Waals surface area contributed by atoms with Gasteiger partial charge in [0.15, 0.2) is 0 Å². The van der Waals surface area contributed by atoms with Crippen LogP contribution in [0.25, 0.3) is 5.57 Å². The minimum absolute atomic E-state index is 0.213. The Balaban J connectivity index is 3.50. The molecule has 0 N–H and O–H groups in total. The second-order valence-electron chi connectivity index (χ2n) is 7.08. The maximum atomic E-state index is 2.43. The molecule has 112 valence electrons. The number of benzene rings is 1. The van der Waals surface area contributed by atoms with Gasteiger partial charge in [-0.25, -0.2) is 0 Å². The third kappa shape index (κ3) is 3.75. The molecule has 0 saturated heterocycles. The van der Waals surface area contributed by atoms with Gasteiger partial charge in [-0.05, 0) is 66.9 Å². The summed E-state index contributed by atoms with van der Waals surface area (Å²) >= 11 is 0. The van der Waals surface area contributed by atoms with E-state index in [1.807, 2.05) is 0 Å². The molecule has 0 heterocycles. The van der Waals surface area contributed by atoms with Gasteiger partial charge in [0, 0.05) is 0 Å². The van der Waals surface area contributed by atoms with E-state index in [2.05, 4.69) is 67.5 Å². The molecule has 0 aromatic heterocycles. The molecule has 0 heteroatoms. The molecular weight excluding hydrogens is 240 g/mol. The maximum absolute atomic E-state index is 2.43. The Morgan fingerprint density at radius 3 is 2.10 bits per heavy atom. The molecule has 0 saturated carbocycles. The molecule has 0 aliphatic heterocycles. The van der Waals surface area contributed by atoms with Gasteiger partial charge >= 0.3 is 0 Å². The molecule has 1 aromatic carbocycles. The Morgan fingerprint density at radius 2 is 1.65 bits per heavy atom. The van der Waals surface area contributed by atoms with Crippen molar-refractivity contribution in [3.63, 3.8) is 0 Å². The smallest absolute Gasteiger partial charge is 0.0132 e. The third-order valence-electron chi connectivity index (χ3n) is 4.35. The van der Waals surface area contributed by atoms with Crippen LogP contribution < -0.4 is 0 Å². The van der Waals surface area contributed by atoms with E-state index in [4.69, 9.17) is 0 Å². The summed E-state index contributed by atoms with van der Waals surface area (Å²) in [5.41, 5.74) is 9.12. The van der Waals surface area contributed by atoms with Crippen LogP contribution in [-0.4, -0.2) is 0 Å². The fourth-order valence-electron chi connectivity index (χ4n) is 2.85. The van der Waals surface area contributed by atoms with Crippen molar-refractivity contribution in [2.75, 3.05) is 0 Å². The molecule has 0 spiro atoms. The van der Waals surface area contributed by atoms with E-state index < -0.39 is 0 Å². The topological polar surface area (TPSA) is 0 Å². The first kappa shape index (κ1) is 17.0. The van der Waals surface area contributed by atoms with Crippen LogP contribution in [0.3, 0.4) is 0 Å². The van der Waals surface area contributed by atoms with E-state index in [1.54, 1.807) is 11.1 Å². The van der Waals surface area contributed by atoms with Gasteiger partial charge in [-0.15, -0.1) is 0 Å². The average Bonchev–Trinajstić information content (AvgIpc) is 2.34. The van der Waals surface area contributed by atoms with E-state index in [1.165, 1.54) is 35.1 Å². The number of allylic oxidation sites excluding steroid dienone is 2. The van der Waals surface area contributed by atoms with Crippen molar-refractivity contribution in [1.29, 1.82) is 0 Å². The lowest BCUT2D eigenvalue weighted by Crippen LogP contribution is -2.12. The van der Waals surface area contributed by atoms with Crippen molar-refractivity contribution >= 4 is 5.57 Å². The molecule has 1 aromatic rings. The van der Waals surface area contributed by atoms with Crippen LogP contribution >= 0.6 is 0 Å². The van der Waals surface area contributed by atoms with Crippen molar-refractivity contribution in [3.8, 4) is 0 Å². The van der Waals surface area contributed by atoms with E-state index in [0.717, 1.165) is 6.42 Å². The van der Waals surface area contributed by atoms with E-state index in [9.17, 15) is 0 Å². The SMILES string of the molecule is CCC/C(C)=C(\CC)c1cc(C(C)(C)C)cc(C)c1C. The quantitative estimate of drug-likeness (QED) is 0.580. The Morgan fingerprint density at radius 1 is 1.05 bits per heavy atom. The summed E-state index contributed by atoms with van der Waals surface area (Å²) in [4.78, 5) is 0. The van der Waals surface area contributed by atoms with Crippen LogP contribution in [0, 0.1) is 13.8 Å². The predicted molar refractivity (Wildman–Crippen MR) is 92.4 cm³/mol. The fraction of sp³-hybridized carbons (Fsp3) is 0.600. The monoisotopic (exact) mass is 272 g/mol. The van der Waals surface area contributed by atoms with Crippen LogP contribution in [0.15, 0.2) is 17.7 Å². The van der Waals surface area contributed by atoms with E-state index in [0.29, 0.717) is 0 Å². The summed E-state index contributed by atoms with van der Waals surface area (Å²) < 4.78 is 0. The molecule has 0 aliphatic carbocycles. The second-order valence-corrected chi connectivity index (χ2v) is 7.08. The van der Waals surface area contributed by atoms with Crippen molar-refractivity contribution in [1.82, 2.24) is 0 Å². The zero-order chi connectivity index (χ0) is 15.5. The third-order valence-corrected chi connectivity index (χ3v) is 4.35. The molecule has 0 unspecified atom stereocenters. The molecule has 0 amide bonds. The number of rotatable bonds is 4. The first-order valence-corrected chi connectivity index (χ1v) is 8.03. The van der Waals surface area contributed by atoms with Crippen LogP contribution in [0.2, 0.25) is 0 Å². The van der Waals surface area contributed by atoms with Crippen LogP contribution in [0.5, 0.6) is 0 Å². The van der Waals surface area contributed by atoms with Crippen molar-refractivity contribution < 1.29 is 0 Å². The zero-order valence-electron chi connectivity index (χ0n) is 14.8. The number of hydrogen-bond donors (Lipinski definition) is 0. The Bertz CT molecular complexity index is 496. The number of hydrogen-bond acceptors (Lipinski definition) is 0. The van der Waals surface area contributed by atoms with Crippen molar-refractivity contribution in [2.45, 2.75) is 80.1 Å². The molecule has 1 rings (SSSR count). The van der Waals surface area contributed by atoms with Gasteiger partial charge in [-0.2, -0.15) is 0 Å². The van der Waals surface area contributed by atoms with Gasteiger partial charge in [0.2, 0.25) is 0 Å². The van der Waals surface area contributed by atoms with Gasteiger partial charge in [0.1, 0.15) is 0 Å². The summed E-state index contributed by atoms with van der Waals surface area (Å²) in [7, 11) is 0. The van der Waals surface area contributed by atoms with Crippen LogP contribution in [0.4, 0.5) is 0 Å². The molecule has 20 heavy (non-hydrogen) atoms. The summed E-state index contributed by atoms with van der Waals surface area (Å²) in [6, 6.07) is 4.79. The lowest BCUT2D eigenvalue weighted by atomic mass is 9.81. The van der Waals surface area contributed by atoms with Crippen LogP contribution in [0.1, 0.15) is 83.1 Å². The normalized spacial score (nSPS) is 13.4. The Kier molecular flexibility index (Phi) is 5.62. The lowest BCUT2D eigenvalue weighted by Gasteiger charge is -2.24. The van der Waals surface area contributed by atoms with Crippen molar-refractivity contribution in [2.24, 2.45) is 0 Å². The molecule has 0 atom stereocenters. The molecule has 0 nitrogen and oxygen atoms in total. The van der Waals surface area contributed by atoms with Crippen molar-refractivity contribution in [3.05, 3.63) is 40.0 Å². The summed E-state index contributed by atoms with van der Waals surface area (Å²) in [6.45, 7) is 18.3. The van der Waals surface area contributed by atoms with E-state index in [-0.39, 0.29) is 5.41 Å². The molecule has 0 aliphatic rings. The number of aryl methyl sites for hydroxylation is 1. The second kappa shape index (κ2) is 6.61. The summed E-state index contributed by atoms with van der Waals surface area (Å²) in [6.07, 6.45) is 3.56. The van der Waals surface area contributed by atoms with Gasteiger partial charge in [-0.3, -0.25) is 0 Å². The van der Waals surface area contributed by atoms with E-state index >= 15 is 0 Å². The first-order chi connectivity index (χ1) is 9.22. The maximum Gasteiger partial charge on any atom is -0.0132 e. The molecule has 0 fully saturated rings. The van der Waals surface area contributed by atoms with Gasteiger partial charge in [-0.1, -0.05) is 58.7 Å². The minimum Gasteiger partial charge on any atom is -0.0695 e. The zero-order valence-corrected chi connectivity index (χ0v) is 14.8. The van der Waals surface area contributed by atoms with Gasteiger partial charge < -0.3 is 0 Å². The molecule has 0 bridgehead atoms. The highest BCUT2D eigenvalue weighted by Gasteiger charge is 2.18. The van der Waals surface area contributed by atoms with Crippen LogP contribution in [-0.2, 0) is 5.41 Å². The molecular formula is C20H32. The van der Waals surface area contributed by atoms with Gasteiger partial charge in [0.05, 0.1) is 0 Å². The Hall–Kier alpha value is -1.04. The lowest BCUT2D eigenvalue weighted by molar-refractivity contribution is 0.589. The largest absolute Gasteiger partial charge is 0.0695 e. The fourth-order valence-corrected chi connectivity index (χ4v) is 2.85. The molecule has 0 radical (unpaired) electrons. The first-order valence-electron chi connectivity index (χ1n) is 8.03. The standard InChI is InChI=1S/C20H32/c1-9-11-14(3)18(10-2)19-13-17(20(6,7)8)12-15(4)16(19)5/h12-13H,9-11H2,1-8H3/b18-14+. The summed E-state index contributed by atoms with van der Waals surface area (Å²) in [5, 5.41) is 0. The Labute approximate surface area is 126 Å². The van der Waals surface area contributed by atoms with Gasteiger partial charge in [0.25, 0.3) is 0 Å². The highest BCUT2D eigenvalue weighted by Crippen LogP contribution is 2.33. The summed E-state index contributed by atoms with van der Waals surface area (Å²) in [5.74, 6) is 0. The highest BCUT2D eigenvalue weighted by atomic mass is 14.2. The average molecular weight is 272 g/mol. The minimum atomic E-state index is 0.213. The predicted octanol–water partition coefficient (Wildman–Crippen LogP) is 6.58.